The molecule has 0 radical (unpaired) electrons. The lowest BCUT2D eigenvalue weighted by Gasteiger charge is -2.47. The number of aryl methyl sites for hydroxylation is 2. The molecule has 1 heterocycles. The zero-order valence-electron chi connectivity index (χ0n) is 49.3. The average molecular weight is 1000 g/mol. The molecule has 0 amide bonds. The molecule has 11 rings (SSSR count). The van der Waals surface area contributed by atoms with Gasteiger partial charge in [-0.05, 0) is 212 Å². The highest BCUT2D eigenvalue weighted by Gasteiger charge is 2.46. The predicted molar refractivity (Wildman–Crippen MR) is 322 cm³/mol. The number of nitrogens with zero attached hydrogens (tertiary/aromatic N) is 2. The maximum absolute atomic E-state index is 2.74. The summed E-state index contributed by atoms with van der Waals surface area (Å²) in [6.45, 7) is 47.0. The molecule has 0 bridgehead atoms. The number of rotatable bonds is 7. The van der Waals surface area contributed by atoms with Crippen molar-refractivity contribution in [1.82, 2.24) is 0 Å². The van der Waals surface area contributed by atoms with Crippen molar-refractivity contribution in [2.45, 2.75) is 232 Å². The van der Waals surface area contributed by atoms with Gasteiger partial charge in [0.25, 0.3) is 0 Å². The molecule has 2 atom stereocenters. The fourth-order valence-corrected chi connectivity index (χ4v) is 16.1. The van der Waals surface area contributed by atoms with E-state index in [1.807, 2.05) is 11.3 Å². The number of fused-ring (bicyclic) bond motifs is 5. The van der Waals surface area contributed by atoms with Crippen molar-refractivity contribution in [3.63, 3.8) is 0 Å². The number of hydrogen-bond acceptors (Lipinski definition) is 3. The van der Waals surface area contributed by atoms with E-state index in [-0.39, 0.29) is 43.3 Å². The summed E-state index contributed by atoms with van der Waals surface area (Å²) in [5.74, 6) is 0.641. The smallest absolute Gasteiger partial charge is 0.0644 e. The SMILES string of the molecule is Cc1cc(N(C2=CC(c3cc4c(cc3C)C(C)(C)CCC4(C)C)[C@@H]2C)c2csc3cc4c(cc23)C(C)(C)CCC4(C)C)cc(N(c2cccc3c2C(C)(C)CCC3(C)C)c2cccc3c2C(C)(C)CCC3(C)C)c1. The van der Waals surface area contributed by atoms with Gasteiger partial charge in [0.05, 0.1) is 17.1 Å². The zero-order valence-corrected chi connectivity index (χ0v) is 50.1. The van der Waals surface area contributed by atoms with E-state index in [1.54, 1.807) is 11.1 Å². The maximum Gasteiger partial charge on any atom is 0.0644 e. The molecule has 0 saturated carbocycles. The van der Waals surface area contributed by atoms with Gasteiger partial charge in [0, 0.05) is 44.4 Å². The third-order valence-corrected chi connectivity index (χ3v) is 21.6. The minimum Gasteiger partial charge on any atom is -0.313 e. The minimum atomic E-state index is 0.0000600. The van der Waals surface area contributed by atoms with Crippen LogP contribution in [-0.4, -0.2) is 0 Å². The van der Waals surface area contributed by atoms with E-state index in [1.165, 1.54) is 133 Å². The first-order valence-corrected chi connectivity index (χ1v) is 29.7. The van der Waals surface area contributed by atoms with Crippen LogP contribution in [0, 0.1) is 19.8 Å². The third-order valence-electron chi connectivity index (χ3n) is 20.7. The number of benzene rings is 5. The van der Waals surface area contributed by atoms with Gasteiger partial charge in [-0.1, -0.05) is 160 Å². The summed E-state index contributed by atoms with van der Waals surface area (Å²) in [4.78, 5) is 5.47. The molecule has 0 saturated heterocycles. The predicted octanol–water partition coefficient (Wildman–Crippen LogP) is 20.8. The van der Waals surface area contributed by atoms with Gasteiger partial charge >= 0.3 is 0 Å². The quantitative estimate of drug-likeness (QED) is 0.157. The molecule has 0 spiro atoms. The number of thiophene rings is 1. The van der Waals surface area contributed by atoms with Crippen molar-refractivity contribution in [2.75, 3.05) is 9.80 Å². The Morgan fingerprint density at radius 2 is 0.851 bits per heavy atom. The summed E-state index contributed by atoms with van der Waals surface area (Å²) >= 11 is 1.94. The van der Waals surface area contributed by atoms with E-state index in [2.05, 4.69) is 232 Å². The Morgan fingerprint density at radius 1 is 0.432 bits per heavy atom. The molecule has 0 aliphatic heterocycles. The van der Waals surface area contributed by atoms with Crippen LogP contribution in [0.2, 0.25) is 0 Å². The summed E-state index contributed by atoms with van der Waals surface area (Å²) < 4.78 is 1.39. The largest absolute Gasteiger partial charge is 0.313 e. The van der Waals surface area contributed by atoms with E-state index in [0.717, 1.165) is 12.8 Å². The second-order valence-electron chi connectivity index (χ2n) is 29.8. The standard InChI is InChI=1S/C71H90N2S/c1-43-34-46(72(57-24-20-22-51-62(57)70(16,17)32-30-64(51,4)5)58-25-21-23-52-63(58)71(18,19)33-31-65(52,6)7)37-47(35-43)73(60-42-74-61-41-56-55(39-50(60)61)68(12,13)28-29-69(56,14)15)59-40-49(45(59)3)48-38-54-53(36-44(48)2)66(8,9)26-27-67(54,10)11/h20-25,34-42,45,49H,26-33H2,1-19H3/t45-,49?/m0/s1. The summed E-state index contributed by atoms with van der Waals surface area (Å²) in [6, 6.07) is 32.6. The highest BCUT2D eigenvalue weighted by atomic mass is 32.1. The van der Waals surface area contributed by atoms with Crippen LogP contribution in [0.1, 0.15) is 236 Å². The van der Waals surface area contributed by atoms with Crippen LogP contribution in [0.15, 0.2) is 96.0 Å². The second-order valence-corrected chi connectivity index (χ2v) is 30.8. The second kappa shape index (κ2) is 16.7. The van der Waals surface area contributed by atoms with Crippen molar-refractivity contribution in [2.24, 2.45) is 5.92 Å². The van der Waals surface area contributed by atoms with Crippen LogP contribution in [0.25, 0.3) is 10.1 Å². The topological polar surface area (TPSA) is 6.48 Å². The molecule has 74 heavy (non-hydrogen) atoms. The van der Waals surface area contributed by atoms with E-state index in [0.29, 0.717) is 11.8 Å². The molecule has 2 nitrogen and oxygen atoms in total. The van der Waals surface area contributed by atoms with Crippen LogP contribution in [0.5, 0.6) is 0 Å². The van der Waals surface area contributed by atoms with Crippen LogP contribution < -0.4 is 9.80 Å². The van der Waals surface area contributed by atoms with Gasteiger partial charge in [0.2, 0.25) is 0 Å². The van der Waals surface area contributed by atoms with Crippen LogP contribution in [-0.2, 0) is 43.3 Å². The molecule has 390 valence electrons. The van der Waals surface area contributed by atoms with Crippen molar-refractivity contribution in [1.29, 1.82) is 0 Å². The molecule has 5 aromatic carbocycles. The summed E-state index contributed by atoms with van der Waals surface area (Å²) in [5, 5.41) is 3.88. The monoisotopic (exact) mass is 1000 g/mol. The highest BCUT2D eigenvalue weighted by molar-refractivity contribution is 7.17. The van der Waals surface area contributed by atoms with Gasteiger partial charge in [-0.3, -0.25) is 0 Å². The van der Waals surface area contributed by atoms with Gasteiger partial charge in [0.15, 0.2) is 0 Å². The molecular formula is C71H90N2S. The summed E-state index contributed by atoms with van der Waals surface area (Å²) in [5.41, 5.74) is 25.0. The van der Waals surface area contributed by atoms with E-state index < -0.39 is 0 Å². The van der Waals surface area contributed by atoms with Crippen LogP contribution in [0.3, 0.4) is 0 Å². The summed E-state index contributed by atoms with van der Waals surface area (Å²) in [6.07, 6.45) is 12.2. The molecule has 0 N–H and O–H groups in total. The Kier molecular flexibility index (Phi) is 11.6. The molecule has 0 fully saturated rings. The lowest BCUT2D eigenvalue weighted by Crippen LogP contribution is -2.37. The van der Waals surface area contributed by atoms with E-state index in [4.69, 9.17) is 0 Å². The first kappa shape index (κ1) is 51.5. The fraction of sp³-hybridized carbons (Fsp3) is 0.521. The highest BCUT2D eigenvalue weighted by Crippen LogP contribution is 2.59. The van der Waals surface area contributed by atoms with Crippen molar-refractivity contribution in [3.8, 4) is 0 Å². The molecule has 1 unspecified atom stereocenters. The Labute approximate surface area is 452 Å². The molecule has 5 aliphatic carbocycles. The van der Waals surface area contributed by atoms with Crippen LogP contribution in [0.4, 0.5) is 28.4 Å². The molecule has 5 aliphatic rings. The van der Waals surface area contributed by atoms with Crippen molar-refractivity contribution < 1.29 is 0 Å². The molecular weight excluding hydrogens is 913 g/mol. The minimum absolute atomic E-state index is 0.0000600. The number of hydrogen-bond donors (Lipinski definition) is 0. The Morgan fingerprint density at radius 3 is 1.34 bits per heavy atom. The normalized spacial score (nSPS) is 23.9. The van der Waals surface area contributed by atoms with Gasteiger partial charge in [-0.2, -0.15) is 0 Å². The molecule has 6 aromatic rings. The summed E-state index contributed by atoms with van der Waals surface area (Å²) in [7, 11) is 0. The first-order chi connectivity index (χ1) is 34.4. The first-order valence-electron chi connectivity index (χ1n) is 28.8. The van der Waals surface area contributed by atoms with Crippen molar-refractivity contribution >= 4 is 49.9 Å². The Hall–Kier alpha value is -4.60. The van der Waals surface area contributed by atoms with Gasteiger partial charge < -0.3 is 9.80 Å². The number of allylic oxidation sites excluding steroid dienone is 2. The van der Waals surface area contributed by atoms with Gasteiger partial charge in [-0.15, -0.1) is 11.3 Å². The van der Waals surface area contributed by atoms with Gasteiger partial charge in [0.1, 0.15) is 0 Å². The average Bonchev–Trinajstić information content (AvgIpc) is 3.73. The molecule has 3 heteroatoms. The molecule has 1 aromatic heterocycles. The Balaban J connectivity index is 1.17. The van der Waals surface area contributed by atoms with Crippen LogP contribution >= 0.6 is 11.3 Å². The van der Waals surface area contributed by atoms with E-state index >= 15 is 0 Å². The lowest BCUT2D eigenvalue weighted by molar-refractivity contribution is 0.331. The van der Waals surface area contributed by atoms with E-state index in [9.17, 15) is 0 Å². The zero-order chi connectivity index (χ0) is 53.2. The Bertz CT molecular complexity index is 3220. The fourth-order valence-electron chi connectivity index (χ4n) is 15.1. The third kappa shape index (κ3) is 8.03. The lowest BCUT2D eigenvalue weighted by atomic mass is 9.61. The van der Waals surface area contributed by atoms with Gasteiger partial charge in [-0.25, -0.2) is 0 Å². The van der Waals surface area contributed by atoms with Crippen molar-refractivity contribution in [3.05, 3.63) is 157 Å². The number of anilines is 5. The maximum atomic E-state index is 2.74.